The van der Waals surface area contributed by atoms with Gasteiger partial charge in [-0.25, -0.2) is 9.97 Å². The molecule has 4 nitrogen and oxygen atoms in total. The lowest BCUT2D eigenvalue weighted by Crippen LogP contribution is -2.41. The second-order valence-electron chi connectivity index (χ2n) is 10.5. The quantitative estimate of drug-likeness (QED) is 0.122. The third-order valence-corrected chi connectivity index (χ3v) is 9.71. The second-order valence-corrected chi connectivity index (χ2v) is 12.4. The number of anilines is 1. The van der Waals surface area contributed by atoms with Gasteiger partial charge in [0.2, 0.25) is 0 Å². The maximum absolute atomic E-state index is 6.79. The standard InChI is InChI=1S/C32H31BrClN3OS/c1-21-15-16-32(17-26-25(20-38-32)30(34)36-31(35-26)39-2)28-24(21)13-14-27(29(28)33)37(18-22-9-5-3-6-10-22)19-23-11-7-4-8-12-23/h3-14,21H,15-20H2,1-2H3/t21-,32?/m0/s1. The largest absolute Gasteiger partial charge is 0.365 e. The molecule has 3 aromatic carbocycles. The van der Waals surface area contributed by atoms with Crippen molar-refractivity contribution in [2.75, 3.05) is 11.2 Å². The van der Waals surface area contributed by atoms with Crippen molar-refractivity contribution in [3.8, 4) is 0 Å². The summed E-state index contributed by atoms with van der Waals surface area (Å²) in [6, 6.07) is 26.0. The Bertz CT molecular complexity index is 1440. The molecule has 7 heteroatoms. The van der Waals surface area contributed by atoms with E-state index in [1.165, 1.54) is 39.7 Å². The Labute approximate surface area is 248 Å². The number of hydrogen-bond acceptors (Lipinski definition) is 5. The molecule has 1 aliphatic carbocycles. The van der Waals surface area contributed by atoms with Gasteiger partial charge in [-0.1, -0.05) is 97.0 Å². The van der Waals surface area contributed by atoms with Crippen LogP contribution in [0.2, 0.25) is 5.15 Å². The lowest BCUT2D eigenvalue weighted by molar-refractivity contribution is -0.0878. The van der Waals surface area contributed by atoms with Crippen LogP contribution >= 0.6 is 39.3 Å². The Kier molecular flexibility index (Phi) is 7.73. The molecule has 1 spiro atoms. The maximum Gasteiger partial charge on any atom is 0.188 e. The molecule has 39 heavy (non-hydrogen) atoms. The van der Waals surface area contributed by atoms with E-state index in [9.17, 15) is 0 Å². The van der Waals surface area contributed by atoms with E-state index in [1.807, 2.05) is 6.26 Å². The lowest BCUT2D eigenvalue weighted by atomic mass is 9.71. The van der Waals surface area contributed by atoms with E-state index < -0.39 is 5.60 Å². The fourth-order valence-corrected chi connectivity index (χ4v) is 7.62. The fourth-order valence-electron chi connectivity index (χ4n) is 5.97. The highest BCUT2D eigenvalue weighted by atomic mass is 79.9. The molecule has 6 rings (SSSR count). The van der Waals surface area contributed by atoms with Crippen LogP contribution in [0.5, 0.6) is 0 Å². The van der Waals surface area contributed by atoms with Crippen molar-refractivity contribution in [2.45, 2.75) is 62.6 Å². The highest BCUT2D eigenvalue weighted by Gasteiger charge is 2.45. The van der Waals surface area contributed by atoms with Crippen molar-refractivity contribution in [3.63, 3.8) is 0 Å². The van der Waals surface area contributed by atoms with E-state index in [0.717, 1.165) is 41.7 Å². The van der Waals surface area contributed by atoms with Crippen LogP contribution < -0.4 is 4.90 Å². The summed E-state index contributed by atoms with van der Waals surface area (Å²) in [4.78, 5) is 11.8. The summed E-state index contributed by atoms with van der Waals surface area (Å²) in [6.45, 7) is 4.36. The molecule has 0 fully saturated rings. The zero-order chi connectivity index (χ0) is 27.0. The Hall–Kier alpha value is -2.38. The predicted octanol–water partition coefficient (Wildman–Crippen LogP) is 8.69. The molecule has 0 radical (unpaired) electrons. The monoisotopic (exact) mass is 619 g/mol. The third-order valence-electron chi connectivity index (χ3n) is 8.04. The first-order chi connectivity index (χ1) is 19.0. The predicted molar refractivity (Wildman–Crippen MR) is 164 cm³/mol. The van der Waals surface area contributed by atoms with Gasteiger partial charge in [0.1, 0.15) is 10.8 Å². The van der Waals surface area contributed by atoms with E-state index in [4.69, 9.17) is 21.3 Å². The van der Waals surface area contributed by atoms with Crippen LogP contribution in [0, 0.1) is 0 Å². The molecule has 2 aliphatic rings. The van der Waals surface area contributed by atoms with Gasteiger partial charge in [-0.15, -0.1) is 0 Å². The highest BCUT2D eigenvalue weighted by Crippen LogP contribution is 2.53. The fraction of sp³-hybridized carbons (Fsp3) is 0.312. The summed E-state index contributed by atoms with van der Waals surface area (Å²) in [6.07, 6.45) is 4.69. The number of aromatic nitrogens is 2. The number of nitrogens with zero attached hydrogens (tertiary/aromatic N) is 3. The van der Waals surface area contributed by atoms with E-state index in [-0.39, 0.29) is 0 Å². The van der Waals surface area contributed by atoms with E-state index >= 15 is 0 Å². The molecular weight excluding hydrogens is 590 g/mol. The van der Waals surface area contributed by atoms with Gasteiger partial charge in [0.15, 0.2) is 5.16 Å². The summed E-state index contributed by atoms with van der Waals surface area (Å²) in [5, 5.41) is 1.22. The third kappa shape index (κ3) is 5.24. The minimum atomic E-state index is -0.456. The Balaban J connectivity index is 1.45. The molecule has 200 valence electrons. The number of thioether (sulfide) groups is 1. The Morgan fingerprint density at radius 1 is 1.00 bits per heavy atom. The molecule has 0 saturated heterocycles. The molecule has 2 heterocycles. The number of benzene rings is 3. The number of halogens is 2. The highest BCUT2D eigenvalue weighted by molar-refractivity contribution is 9.10. The van der Waals surface area contributed by atoms with Crippen molar-refractivity contribution in [1.29, 1.82) is 0 Å². The first-order valence-electron chi connectivity index (χ1n) is 13.4. The minimum absolute atomic E-state index is 0.422. The van der Waals surface area contributed by atoms with Crippen molar-refractivity contribution < 1.29 is 4.74 Å². The number of ether oxygens (including phenoxy) is 1. The average Bonchev–Trinajstić information content (AvgIpc) is 2.96. The zero-order valence-electron chi connectivity index (χ0n) is 22.2. The first kappa shape index (κ1) is 26.8. The molecule has 1 aromatic heterocycles. The van der Waals surface area contributed by atoms with Crippen LogP contribution in [0.4, 0.5) is 5.69 Å². The SMILES string of the molecule is CSc1nc(Cl)c2c(n1)CC1(CC[C@H](C)c3ccc(N(Cc4ccccc4)Cc4ccccc4)c(Br)c31)OC2. The lowest BCUT2D eigenvalue weighted by Gasteiger charge is -2.45. The van der Waals surface area contributed by atoms with E-state index in [0.29, 0.717) is 29.3 Å². The molecular formula is C32H31BrClN3OS. The minimum Gasteiger partial charge on any atom is -0.365 e. The van der Waals surface area contributed by atoms with Gasteiger partial charge >= 0.3 is 0 Å². The summed E-state index contributed by atoms with van der Waals surface area (Å²) in [5.74, 6) is 0.452. The molecule has 0 bridgehead atoms. The van der Waals surface area contributed by atoms with Crippen LogP contribution in [-0.4, -0.2) is 16.2 Å². The summed E-state index contributed by atoms with van der Waals surface area (Å²) in [7, 11) is 0. The van der Waals surface area contributed by atoms with Crippen molar-refractivity contribution in [2.24, 2.45) is 0 Å². The van der Waals surface area contributed by atoms with Crippen LogP contribution in [0.1, 0.15) is 59.2 Å². The molecule has 1 aliphatic heterocycles. The number of rotatable bonds is 6. The van der Waals surface area contributed by atoms with Crippen LogP contribution in [-0.2, 0) is 36.5 Å². The molecule has 4 aromatic rings. The Morgan fingerprint density at radius 2 is 1.67 bits per heavy atom. The second kappa shape index (κ2) is 11.2. The number of hydrogen-bond donors (Lipinski definition) is 0. The normalized spacial score (nSPS) is 19.9. The average molecular weight is 621 g/mol. The van der Waals surface area contributed by atoms with Crippen LogP contribution in [0.25, 0.3) is 0 Å². The zero-order valence-corrected chi connectivity index (χ0v) is 25.3. The maximum atomic E-state index is 6.79. The summed E-state index contributed by atoms with van der Waals surface area (Å²) >= 11 is 12.2. The molecule has 1 unspecified atom stereocenters. The van der Waals surface area contributed by atoms with Crippen molar-refractivity contribution in [3.05, 3.63) is 116 Å². The van der Waals surface area contributed by atoms with Gasteiger partial charge in [-0.3, -0.25) is 0 Å². The number of fused-ring (bicyclic) bond motifs is 3. The summed E-state index contributed by atoms with van der Waals surface area (Å²) < 4.78 is 7.91. The molecule has 0 N–H and O–H groups in total. The smallest absolute Gasteiger partial charge is 0.188 e. The molecule has 2 atom stereocenters. The first-order valence-corrected chi connectivity index (χ1v) is 15.8. The van der Waals surface area contributed by atoms with Crippen LogP contribution in [0.3, 0.4) is 0 Å². The molecule has 0 saturated carbocycles. The Morgan fingerprint density at radius 3 is 2.31 bits per heavy atom. The van der Waals surface area contributed by atoms with E-state index in [2.05, 4.69) is 106 Å². The van der Waals surface area contributed by atoms with Gasteiger partial charge < -0.3 is 9.64 Å². The van der Waals surface area contributed by atoms with E-state index in [1.54, 1.807) is 0 Å². The van der Waals surface area contributed by atoms with Gasteiger partial charge in [0, 0.05) is 35.1 Å². The van der Waals surface area contributed by atoms with Crippen molar-refractivity contribution >= 4 is 45.0 Å². The summed E-state index contributed by atoms with van der Waals surface area (Å²) in [5.41, 5.74) is 7.81. The van der Waals surface area contributed by atoms with Crippen LogP contribution in [0.15, 0.2) is 82.4 Å². The van der Waals surface area contributed by atoms with Crippen molar-refractivity contribution in [1.82, 2.24) is 9.97 Å². The van der Waals surface area contributed by atoms with Gasteiger partial charge in [-0.2, -0.15) is 0 Å². The van der Waals surface area contributed by atoms with Gasteiger partial charge in [-0.05, 0) is 63.7 Å². The topological polar surface area (TPSA) is 38.2 Å². The molecule has 0 amide bonds. The van der Waals surface area contributed by atoms with Gasteiger partial charge in [0.25, 0.3) is 0 Å². The van der Waals surface area contributed by atoms with Gasteiger partial charge in [0.05, 0.1) is 18.0 Å².